The van der Waals surface area contributed by atoms with Crippen LogP contribution in [-0.2, 0) is 11.3 Å². The molecule has 6 heteroatoms. The highest BCUT2D eigenvalue weighted by molar-refractivity contribution is 7.16. The Morgan fingerprint density at radius 2 is 2.07 bits per heavy atom. The molecule has 0 fully saturated rings. The second-order valence-corrected chi connectivity index (χ2v) is 7.32. The number of carbonyl (C=O) groups is 1. The second kappa shape index (κ2) is 9.02. The maximum absolute atomic E-state index is 12.4. The van der Waals surface area contributed by atoms with Crippen molar-refractivity contribution in [2.45, 2.75) is 26.8 Å². The minimum Gasteiger partial charge on any atom is -0.494 e. The zero-order valence-corrected chi connectivity index (χ0v) is 16.9. The molecule has 1 amide bonds. The van der Waals surface area contributed by atoms with Gasteiger partial charge in [-0.2, -0.15) is 4.99 Å². The predicted molar refractivity (Wildman–Crippen MR) is 112 cm³/mol. The highest BCUT2D eigenvalue weighted by Crippen LogP contribution is 2.23. The smallest absolute Gasteiger partial charge is 0.272 e. The lowest BCUT2D eigenvalue weighted by molar-refractivity contribution is -0.113. The Balaban J connectivity index is 1.97. The Morgan fingerprint density at radius 1 is 1.26 bits per heavy atom. The number of halogens is 1. The van der Waals surface area contributed by atoms with Crippen LogP contribution in [0.15, 0.2) is 53.5 Å². The molecular weight excluding hydrogens is 380 g/mol. The molecule has 0 saturated carbocycles. The van der Waals surface area contributed by atoms with Gasteiger partial charge in [-0.05, 0) is 49.2 Å². The van der Waals surface area contributed by atoms with Crippen molar-refractivity contribution in [3.8, 4) is 5.75 Å². The van der Waals surface area contributed by atoms with Crippen LogP contribution in [0.2, 0.25) is 5.02 Å². The van der Waals surface area contributed by atoms with E-state index in [0.717, 1.165) is 34.5 Å². The molecule has 0 aliphatic heterocycles. The minimum absolute atomic E-state index is 0.309. The van der Waals surface area contributed by atoms with Crippen LogP contribution in [0.4, 0.5) is 0 Å². The molecule has 3 aromatic rings. The molecule has 0 aliphatic carbocycles. The summed E-state index contributed by atoms with van der Waals surface area (Å²) in [7, 11) is 0. The van der Waals surface area contributed by atoms with Crippen molar-refractivity contribution in [3.63, 3.8) is 0 Å². The zero-order valence-electron chi connectivity index (χ0n) is 15.3. The van der Waals surface area contributed by atoms with Crippen molar-refractivity contribution in [3.05, 3.63) is 63.9 Å². The van der Waals surface area contributed by atoms with Gasteiger partial charge < -0.3 is 9.30 Å². The summed E-state index contributed by atoms with van der Waals surface area (Å²) < 4.78 is 8.71. The maximum Gasteiger partial charge on any atom is 0.272 e. The highest BCUT2D eigenvalue weighted by Gasteiger charge is 2.08. The molecule has 0 unspecified atom stereocenters. The third-order valence-electron chi connectivity index (χ3n) is 3.93. The summed E-state index contributed by atoms with van der Waals surface area (Å²) in [6, 6.07) is 13.4. The van der Waals surface area contributed by atoms with E-state index in [0.29, 0.717) is 16.4 Å². The lowest BCUT2D eigenvalue weighted by Gasteiger charge is -2.04. The van der Waals surface area contributed by atoms with Gasteiger partial charge >= 0.3 is 0 Å². The molecule has 140 valence electrons. The molecule has 0 N–H and O–H groups in total. The van der Waals surface area contributed by atoms with E-state index in [1.807, 2.05) is 43.3 Å². The van der Waals surface area contributed by atoms with E-state index in [-0.39, 0.29) is 5.91 Å². The van der Waals surface area contributed by atoms with Crippen molar-refractivity contribution in [2.75, 3.05) is 6.61 Å². The Bertz CT molecular complexity index is 1050. The largest absolute Gasteiger partial charge is 0.494 e. The topological polar surface area (TPSA) is 43.6 Å². The number of ether oxygens (including phenoxy) is 1. The number of carbonyl (C=O) groups excluding carboxylic acids is 1. The van der Waals surface area contributed by atoms with Gasteiger partial charge in [0.15, 0.2) is 4.80 Å². The first-order valence-electron chi connectivity index (χ1n) is 8.90. The number of nitrogens with zero attached hydrogens (tertiary/aromatic N) is 2. The van der Waals surface area contributed by atoms with E-state index < -0.39 is 0 Å². The fourth-order valence-corrected chi connectivity index (χ4v) is 4.03. The first-order valence-corrected chi connectivity index (χ1v) is 10.1. The van der Waals surface area contributed by atoms with Gasteiger partial charge in [-0.25, -0.2) is 0 Å². The van der Waals surface area contributed by atoms with Gasteiger partial charge in [-0.15, -0.1) is 0 Å². The van der Waals surface area contributed by atoms with Crippen LogP contribution < -0.4 is 9.54 Å². The summed E-state index contributed by atoms with van der Waals surface area (Å²) in [4.78, 5) is 17.4. The lowest BCUT2D eigenvalue weighted by Crippen LogP contribution is -2.16. The summed E-state index contributed by atoms with van der Waals surface area (Å²) >= 11 is 7.61. The number of rotatable bonds is 6. The fourth-order valence-electron chi connectivity index (χ4n) is 2.74. The number of benzene rings is 2. The zero-order chi connectivity index (χ0) is 19.2. The quantitative estimate of drug-likeness (QED) is 0.526. The van der Waals surface area contributed by atoms with Crippen molar-refractivity contribution < 1.29 is 9.53 Å². The molecule has 3 rings (SSSR count). The number of fused-ring (bicyclic) bond motifs is 1. The van der Waals surface area contributed by atoms with Crippen molar-refractivity contribution >= 4 is 45.1 Å². The first-order chi connectivity index (χ1) is 13.1. The van der Waals surface area contributed by atoms with E-state index >= 15 is 0 Å². The summed E-state index contributed by atoms with van der Waals surface area (Å²) in [6.45, 7) is 5.48. The molecule has 0 atom stereocenters. The normalized spacial score (nSPS) is 12.2. The Kier molecular flexibility index (Phi) is 6.48. The number of aryl methyl sites for hydroxylation is 1. The van der Waals surface area contributed by atoms with Gasteiger partial charge in [-0.1, -0.05) is 48.1 Å². The number of aromatic nitrogens is 1. The average Bonchev–Trinajstić information content (AvgIpc) is 2.98. The van der Waals surface area contributed by atoms with Gasteiger partial charge in [0.25, 0.3) is 5.91 Å². The van der Waals surface area contributed by atoms with E-state index in [9.17, 15) is 4.79 Å². The summed E-state index contributed by atoms with van der Waals surface area (Å²) in [5.74, 6) is 0.516. The molecule has 0 spiro atoms. The monoisotopic (exact) mass is 400 g/mol. The lowest BCUT2D eigenvalue weighted by atomic mass is 10.2. The Hall–Kier alpha value is -2.37. The molecule has 0 radical (unpaired) electrons. The van der Waals surface area contributed by atoms with Crippen LogP contribution >= 0.6 is 22.9 Å². The summed E-state index contributed by atoms with van der Waals surface area (Å²) in [5, 5.41) is 0.605. The summed E-state index contributed by atoms with van der Waals surface area (Å²) in [6.07, 6.45) is 4.10. The van der Waals surface area contributed by atoms with Crippen molar-refractivity contribution in [1.29, 1.82) is 0 Å². The van der Waals surface area contributed by atoms with E-state index in [2.05, 4.69) is 16.5 Å². The fraction of sp³-hybridized carbons (Fsp3) is 0.238. The van der Waals surface area contributed by atoms with E-state index in [1.165, 1.54) is 17.4 Å². The van der Waals surface area contributed by atoms with E-state index in [1.54, 1.807) is 12.1 Å². The first kappa shape index (κ1) is 19.4. The molecular formula is C21H21ClN2O2S. The average molecular weight is 401 g/mol. The van der Waals surface area contributed by atoms with Crippen LogP contribution in [-0.4, -0.2) is 17.1 Å². The van der Waals surface area contributed by atoms with Crippen LogP contribution in [0, 0.1) is 0 Å². The second-order valence-electron chi connectivity index (χ2n) is 5.90. The van der Waals surface area contributed by atoms with Gasteiger partial charge in [-0.3, -0.25) is 4.79 Å². The van der Waals surface area contributed by atoms with Crippen LogP contribution in [0.25, 0.3) is 16.3 Å². The molecule has 4 nitrogen and oxygen atoms in total. The van der Waals surface area contributed by atoms with Gasteiger partial charge in [0.05, 0.1) is 16.8 Å². The standard InChI is InChI=1S/C21H21ClN2O2S/c1-3-13-24-18-11-10-16(26-4-2)14-19(18)27-21(24)23-20(25)12-9-15-7-5-6-8-17(15)22/h5-12,14H,3-4,13H2,1-2H3/b12-9+,23-21?. The van der Waals surface area contributed by atoms with Crippen LogP contribution in [0.1, 0.15) is 25.8 Å². The van der Waals surface area contributed by atoms with Gasteiger partial charge in [0.2, 0.25) is 0 Å². The molecule has 0 aliphatic rings. The van der Waals surface area contributed by atoms with Crippen molar-refractivity contribution in [2.24, 2.45) is 4.99 Å². The number of amides is 1. The maximum atomic E-state index is 12.4. The Labute approximate surface area is 167 Å². The molecule has 2 aromatic carbocycles. The number of hydrogen-bond acceptors (Lipinski definition) is 3. The van der Waals surface area contributed by atoms with Crippen LogP contribution in [0.5, 0.6) is 5.75 Å². The third-order valence-corrected chi connectivity index (χ3v) is 5.31. The van der Waals surface area contributed by atoms with Gasteiger partial charge in [0, 0.05) is 17.6 Å². The molecule has 1 heterocycles. The Morgan fingerprint density at radius 3 is 2.81 bits per heavy atom. The predicted octanol–water partition coefficient (Wildman–Crippen LogP) is 5.31. The number of hydrogen-bond donors (Lipinski definition) is 0. The van der Waals surface area contributed by atoms with Crippen molar-refractivity contribution in [1.82, 2.24) is 4.57 Å². The third kappa shape index (κ3) is 4.67. The van der Waals surface area contributed by atoms with E-state index in [4.69, 9.17) is 16.3 Å². The molecule has 27 heavy (non-hydrogen) atoms. The molecule has 0 saturated heterocycles. The minimum atomic E-state index is -0.309. The molecule has 1 aromatic heterocycles. The summed E-state index contributed by atoms with van der Waals surface area (Å²) in [5.41, 5.74) is 1.86. The highest BCUT2D eigenvalue weighted by atomic mass is 35.5. The molecule has 0 bridgehead atoms. The SMILES string of the molecule is CCCn1c(=NC(=O)/C=C/c2ccccc2Cl)sc2cc(OCC)ccc21. The van der Waals surface area contributed by atoms with Gasteiger partial charge in [0.1, 0.15) is 5.75 Å². The van der Waals surface area contributed by atoms with Crippen LogP contribution in [0.3, 0.4) is 0 Å². The number of thiazole rings is 1.